The lowest BCUT2D eigenvalue weighted by molar-refractivity contribution is -0.442. The van der Waals surface area contributed by atoms with Gasteiger partial charge in [-0.15, -0.1) is 6.58 Å². The molecule has 0 aliphatic rings. The number of rotatable bonds is 7. The maximum atomic E-state index is 11.1. The summed E-state index contributed by atoms with van der Waals surface area (Å²) in [4.78, 5) is 10.4. The van der Waals surface area contributed by atoms with E-state index in [1.807, 2.05) is 0 Å². The second kappa shape index (κ2) is 6.37. The van der Waals surface area contributed by atoms with Gasteiger partial charge in [0.25, 0.3) is 0 Å². The molecule has 0 amide bonds. The molecule has 82 valence electrons. The third-order valence-electron chi connectivity index (χ3n) is 1.11. The van der Waals surface area contributed by atoms with Crippen LogP contribution < -0.4 is 4.89 Å². The van der Waals surface area contributed by atoms with Crippen LogP contribution in [0.25, 0.3) is 0 Å². The highest BCUT2D eigenvalue weighted by Crippen LogP contribution is 2.66. The predicted octanol–water partition coefficient (Wildman–Crippen LogP) is 1.60. The molecule has 0 spiro atoms. The Morgan fingerprint density at radius 2 is 2.29 bits per heavy atom. The smallest absolute Gasteiger partial charge is 0.587 e. The summed E-state index contributed by atoms with van der Waals surface area (Å²) in [5, 5.41) is 10.8. The van der Waals surface area contributed by atoms with Gasteiger partial charge in [0.1, 0.15) is 0 Å². The van der Waals surface area contributed by atoms with Gasteiger partial charge in [0.2, 0.25) is 0 Å². The summed E-state index contributed by atoms with van der Waals surface area (Å²) in [5.74, 6) is 0. The summed E-state index contributed by atoms with van der Waals surface area (Å²) in [6.07, 6.45) is 0.321. The van der Waals surface area contributed by atoms with Crippen molar-refractivity contribution in [3.05, 3.63) is 12.2 Å². The minimum atomic E-state index is -4.41. The van der Waals surface area contributed by atoms with Crippen molar-refractivity contribution >= 4 is 15.0 Å². The minimum Gasteiger partial charge on any atom is -0.587 e. The lowest BCUT2D eigenvalue weighted by atomic mass is 10.3. The Hall–Kier alpha value is -0.130. The second-order valence-corrected chi connectivity index (χ2v) is 6.67. The summed E-state index contributed by atoms with van der Waals surface area (Å²) < 4.78 is 29.6. The van der Waals surface area contributed by atoms with Crippen LogP contribution in [0, 0.1) is 0 Å². The average Bonchev–Trinajstić information content (AvgIpc) is 2.03. The molecule has 0 saturated carbocycles. The van der Waals surface area contributed by atoms with Gasteiger partial charge in [-0.25, -0.2) is 9.82 Å². The normalized spacial score (nSPS) is 16.1. The van der Waals surface area contributed by atoms with Crippen molar-refractivity contribution in [1.82, 2.24) is 0 Å². The molecule has 0 aliphatic carbocycles. The van der Waals surface area contributed by atoms with Crippen molar-refractivity contribution in [1.29, 1.82) is 0 Å². The molecule has 0 radical (unpaired) electrons. The van der Waals surface area contributed by atoms with Gasteiger partial charge in [0, 0.05) is 0 Å². The highest BCUT2D eigenvalue weighted by molar-refractivity contribution is 8.20. The molecule has 7 nitrogen and oxygen atoms in total. The van der Waals surface area contributed by atoms with E-state index in [9.17, 15) is 14.0 Å². The van der Waals surface area contributed by atoms with Crippen molar-refractivity contribution in [3.8, 4) is 0 Å². The van der Waals surface area contributed by atoms with Crippen molar-refractivity contribution in [3.63, 3.8) is 0 Å². The van der Waals surface area contributed by atoms with Crippen LogP contribution in [0.1, 0.15) is 13.3 Å². The second-order valence-electron chi connectivity index (χ2n) is 2.40. The van der Waals surface area contributed by atoms with E-state index in [1.165, 1.54) is 0 Å². The van der Waals surface area contributed by atoms with E-state index in [2.05, 4.69) is 20.8 Å². The summed E-state index contributed by atoms with van der Waals surface area (Å²) in [5.41, 5.74) is 0.725. The summed E-state index contributed by atoms with van der Waals surface area (Å²) in [7, 11) is -7.89. The third-order valence-corrected chi connectivity index (χ3v) is 4.02. The molecule has 0 saturated heterocycles. The predicted molar refractivity (Wildman–Crippen MR) is 45.4 cm³/mol. The Kier molecular flexibility index (Phi) is 6.31. The van der Waals surface area contributed by atoms with Crippen molar-refractivity contribution in [2.45, 2.75) is 13.3 Å². The summed E-state index contributed by atoms with van der Waals surface area (Å²) in [6, 6.07) is 0. The molecule has 2 unspecified atom stereocenters. The quantitative estimate of drug-likeness (QED) is 0.313. The van der Waals surface area contributed by atoms with Crippen molar-refractivity contribution in [2.24, 2.45) is 0 Å². The molecule has 14 heavy (non-hydrogen) atoms. The van der Waals surface area contributed by atoms with E-state index in [4.69, 9.17) is 5.26 Å². The zero-order valence-corrected chi connectivity index (χ0v) is 9.20. The Morgan fingerprint density at radius 3 is 2.64 bits per heavy atom. The maximum Gasteiger partial charge on any atom is 0.596 e. The minimum absolute atomic E-state index is 0.153. The van der Waals surface area contributed by atoms with Crippen LogP contribution in [-0.4, -0.2) is 11.9 Å². The third kappa shape index (κ3) is 4.93. The highest BCUT2D eigenvalue weighted by atomic mass is 32.1. The van der Waals surface area contributed by atoms with Crippen LogP contribution in [0.2, 0.25) is 0 Å². The largest absolute Gasteiger partial charge is 0.596 e. The lowest BCUT2D eigenvalue weighted by Gasteiger charge is -2.06. The van der Waals surface area contributed by atoms with E-state index in [-0.39, 0.29) is 6.61 Å². The van der Waals surface area contributed by atoms with E-state index in [0.29, 0.717) is 6.42 Å². The first-order chi connectivity index (χ1) is 6.42. The topological polar surface area (TPSA) is 105 Å². The van der Waals surface area contributed by atoms with Gasteiger partial charge in [0.05, 0.1) is 6.61 Å². The molecule has 0 aliphatic heterocycles. The first-order valence-corrected chi connectivity index (χ1v) is 6.88. The SMILES string of the molecule is C=C(C)CCOP(=O)(OOO)[P+](=O)[O-]. The maximum absolute atomic E-state index is 11.1. The monoisotopic (exact) mass is 244 g/mol. The molecule has 0 heterocycles. The van der Waals surface area contributed by atoms with Gasteiger partial charge in [-0.05, 0) is 13.3 Å². The van der Waals surface area contributed by atoms with Gasteiger partial charge < -0.3 is 4.89 Å². The first kappa shape index (κ1) is 13.9. The van der Waals surface area contributed by atoms with Crippen LogP contribution in [0.4, 0.5) is 0 Å². The lowest BCUT2D eigenvalue weighted by Crippen LogP contribution is -1.99. The van der Waals surface area contributed by atoms with Gasteiger partial charge in [-0.3, -0.25) is 4.52 Å². The van der Waals surface area contributed by atoms with Crippen LogP contribution >= 0.6 is 15.0 Å². The van der Waals surface area contributed by atoms with Crippen LogP contribution in [0.3, 0.4) is 0 Å². The zero-order chi connectivity index (χ0) is 11.2. The van der Waals surface area contributed by atoms with Crippen molar-refractivity contribution < 1.29 is 33.5 Å². The number of hydrogen-bond acceptors (Lipinski definition) is 7. The average molecular weight is 244 g/mol. The van der Waals surface area contributed by atoms with Gasteiger partial charge >= 0.3 is 15.0 Å². The molecule has 0 fully saturated rings. The molecule has 0 bridgehead atoms. The van der Waals surface area contributed by atoms with E-state index in [0.717, 1.165) is 5.57 Å². The fourth-order valence-electron chi connectivity index (χ4n) is 0.473. The fraction of sp³-hybridized carbons (Fsp3) is 0.600. The summed E-state index contributed by atoms with van der Waals surface area (Å²) >= 11 is 0. The zero-order valence-electron chi connectivity index (χ0n) is 7.41. The van der Waals surface area contributed by atoms with Gasteiger partial charge in [-0.1, -0.05) is 19.9 Å². The molecule has 2 atom stereocenters. The molecule has 9 heteroatoms. The molecule has 0 rings (SSSR count). The van der Waals surface area contributed by atoms with Crippen LogP contribution in [-0.2, 0) is 23.4 Å². The molecular formula is C5H10O7P2. The molecule has 0 aromatic heterocycles. The Bertz CT molecular complexity index is 263. The Morgan fingerprint density at radius 1 is 1.71 bits per heavy atom. The van der Waals surface area contributed by atoms with Crippen LogP contribution in [0.15, 0.2) is 12.2 Å². The molecule has 0 aromatic rings. The van der Waals surface area contributed by atoms with E-state index >= 15 is 0 Å². The first-order valence-electron chi connectivity index (χ1n) is 3.46. The summed E-state index contributed by atoms with van der Waals surface area (Å²) in [6.45, 7) is 5.06. The van der Waals surface area contributed by atoms with Gasteiger partial charge in [0.15, 0.2) is 0 Å². The molecular weight excluding hydrogens is 234 g/mol. The number of hydrogen-bond donors (Lipinski definition) is 1. The van der Waals surface area contributed by atoms with Crippen molar-refractivity contribution in [2.75, 3.05) is 6.61 Å². The van der Waals surface area contributed by atoms with E-state index in [1.54, 1.807) is 6.92 Å². The van der Waals surface area contributed by atoms with Gasteiger partial charge in [-0.2, -0.15) is 0 Å². The molecule has 1 N–H and O–H groups in total. The molecule has 0 aromatic carbocycles. The van der Waals surface area contributed by atoms with E-state index < -0.39 is 15.0 Å². The van der Waals surface area contributed by atoms with Crippen LogP contribution in [0.5, 0.6) is 0 Å². The highest BCUT2D eigenvalue weighted by Gasteiger charge is 2.43. The Balaban J connectivity index is 4.17. The Labute approximate surface area is 81.4 Å². The fourth-order valence-corrected chi connectivity index (χ4v) is 1.85. The standard InChI is InChI=1S/C5H10O7P2/c1-5(2)3-4-10-14(9,12-11-6)13(7)8/h6H,1,3-4H2,2H3.